The molecular formula is C18H23N7S2. The minimum Gasteiger partial charge on any atom is -0.296 e. The van der Waals surface area contributed by atoms with Crippen LogP contribution in [0.1, 0.15) is 42.5 Å². The molecule has 1 aliphatic carbocycles. The summed E-state index contributed by atoms with van der Waals surface area (Å²) in [5.41, 5.74) is 1.45. The van der Waals surface area contributed by atoms with Crippen LogP contribution in [0.3, 0.4) is 0 Å². The standard InChI is InChI=1S/C18H23N7S2/c1-11-6-8-25(9-7-11)10-14-19-16-15(12-4-3-5-13(12)26-16)17(20-14)27-18-21-22-23-24(18)2/h11H,3-10H2,1-2H3. The fourth-order valence-electron chi connectivity index (χ4n) is 3.96. The number of rotatable bonds is 4. The van der Waals surface area contributed by atoms with Gasteiger partial charge in [0.15, 0.2) is 0 Å². The average molecular weight is 402 g/mol. The molecule has 0 bridgehead atoms. The van der Waals surface area contributed by atoms with Gasteiger partial charge in [0.2, 0.25) is 5.16 Å². The highest BCUT2D eigenvalue weighted by Crippen LogP contribution is 2.41. The van der Waals surface area contributed by atoms with E-state index in [2.05, 4.69) is 27.3 Å². The molecule has 142 valence electrons. The minimum atomic E-state index is 0.769. The van der Waals surface area contributed by atoms with E-state index < -0.39 is 0 Å². The van der Waals surface area contributed by atoms with Gasteiger partial charge in [-0.2, -0.15) is 0 Å². The molecular weight excluding hydrogens is 378 g/mol. The van der Waals surface area contributed by atoms with E-state index in [4.69, 9.17) is 9.97 Å². The molecule has 4 heterocycles. The largest absolute Gasteiger partial charge is 0.296 e. The van der Waals surface area contributed by atoms with Crippen LogP contribution >= 0.6 is 23.1 Å². The summed E-state index contributed by atoms with van der Waals surface area (Å²) in [7, 11) is 1.87. The van der Waals surface area contributed by atoms with Gasteiger partial charge >= 0.3 is 0 Å². The number of hydrogen-bond donors (Lipinski definition) is 0. The Hall–Kier alpha value is -1.58. The number of fused-ring (bicyclic) bond motifs is 3. The first-order chi connectivity index (χ1) is 13.2. The predicted molar refractivity (Wildman–Crippen MR) is 106 cm³/mol. The number of piperidine rings is 1. The van der Waals surface area contributed by atoms with Crippen LogP contribution in [0.4, 0.5) is 0 Å². The van der Waals surface area contributed by atoms with E-state index in [9.17, 15) is 0 Å². The van der Waals surface area contributed by atoms with Crippen molar-refractivity contribution >= 4 is 33.3 Å². The van der Waals surface area contributed by atoms with Crippen LogP contribution in [0.25, 0.3) is 10.2 Å². The van der Waals surface area contributed by atoms with Gasteiger partial charge in [0.25, 0.3) is 0 Å². The van der Waals surface area contributed by atoms with Crippen molar-refractivity contribution in [3.63, 3.8) is 0 Å². The summed E-state index contributed by atoms with van der Waals surface area (Å²) in [4.78, 5) is 15.1. The molecule has 0 saturated carbocycles. The van der Waals surface area contributed by atoms with E-state index in [1.165, 1.54) is 41.5 Å². The summed E-state index contributed by atoms with van der Waals surface area (Å²) < 4.78 is 1.71. The quantitative estimate of drug-likeness (QED) is 0.622. The third-order valence-electron chi connectivity index (χ3n) is 5.59. The molecule has 1 aliphatic heterocycles. The van der Waals surface area contributed by atoms with Crippen molar-refractivity contribution in [1.29, 1.82) is 0 Å². The molecule has 0 amide bonds. The Bertz CT molecular complexity index is 972. The molecule has 3 aromatic rings. The van der Waals surface area contributed by atoms with E-state index in [0.717, 1.165) is 52.8 Å². The Morgan fingerprint density at radius 2 is 2.04 bits per heavy atom. The van der Waals surface area contributed by atoms with Crippen LogP contribution in [-0.2, 0) is 26.4 Å². The number of tetrazole rings is 1. The monoisotopic (exact) mass is 401 g/mol. The lowest BCUT2D eigenvalue weighted by atomic mass is 9.99. The van der Waals surface area contributed by atoms with Crippen molar-refractivity contribution in [1.82, 2.24) is 35.1 Å². The SMILES string of the molecule is CC1CCN(Cc2nc(Sc3nnnn3C)c3c4c(sc3n2)CCC4)CC1. The van der Waals surface area contributed by atoms with Crippen LogP contribution in [0.2, 0.25) is 0 Å². The van der Waals surface area contributed by atoms with Gasteiger partial charge in [-0.1, -0.05) is 6.92 Å². The molecule has 0 aromatic carbocycles. The van der Waals surface area contributed by atoms with Crippen molar-refractivity contribution in [3.05, 3.63) is 16.3 Å². The molecule has 5 rings (SSSR count). The average Bonchev–Trinajstić information content (AvgIpc) is 3.33. The molecule has 0 radical (unpaired) electrons. The Morgan fingerprint density at radius 3 is 2.81 bits per heavy atom. The maximum atomic E-state index is 4.99. The summed E-state index contributed by atoms with van der Waals surface area (Å²) >= 11 is 3.41. The normalized spacial score (nSPS) is 18.4. The highest BCUT2D eigenvalue weighted by Gasteiger charge is 2.25. The van der Waals surface area contributed by atoms with Crippen molar-refractivity contribution in [3.8, 4) is 0 Å². The zero-order valence-corrected chi connectivity index (χ0v) is 17.3. The molecule has 0 spiro atoms. The highest BCUT2D eigenvalue weighted by atomic mass is 32.2. The highest BCUT2D eigenvalue weighted by molar-refractivity contribution is 7.99. The smallest absolute Gasteiger partial charge is 0.215 e. The van der Waals surface area contributed by atoms with Crippen LogP contribution < -0.4 is 0 Å². The van der Waals surface area contributed by atoms with Crippen LogP contribution in [0.5, 0.6) is 0 Å². The Labute approximate surface area is 166 Å². The van der Waals surface area contributed by atoms with Crippen LogP contribution in [-0.4, -0.2) is 48.2 Å². The third-order valence-corrected chi connectivity index (χ3v) is 7.79. The van der Waals surface area contributed by atoms with Gasteiger partial charge in [0, 0.05) is 17.3 Å². The number of thiophene rings is 1. The molecule has 9 heteroatoms. The van der Waals surface area contributed by atoms with E-state index in [-0.39, 0.29) is 0 Å². The maximum absolute atomic E-state index is 4.99. The lowest BCUT2D eigenvalue weighted by molar-refractivity contribution is 0.181. The van der Waals surface area contributed by atoms with Gasteiger partial charge in [0.1, 0.15) is 15.7 Å². The van der Waals surface area contributed by atoms with Crippen molar-refractivity contribution in [2.24, 2.45) is 13.0 Å². The van der Waals surface area contributed by atoms with Gasteiger partial charge in [-0.25, -0.2) is 14.6 Å². The first kappa shape index (κ1) is 17.5. The van der Waals surface area contributed by atoms with Crippen LogP contribution in [0, 0.1) is 5.92 Å². The second-order valence-corrected chi connectivity index (χ2v) is 9.67. The molecule has 3 aromatic heterocycles. The summed E-state index contributed by atoms with van der Waals surface area (Å²) in [6.07, 6.45) is 6.07. The number of nitrogens with zero attached hydrogens (tertiary/aromatic N) is 7. The molecule has 0 N–H and O–H groups in total. The number of hydrogen-bond acceptors (Lipinski definition) is 8. The molecule has 27 heavy (non-hydrogen) atoms. The third kappa shape index (κ3) is 3.36. The van der Waals surface area contributed by atoms with E-state index in [1.807, 2.05) is 18.4 Å². The maximum Gasteiger partial charge on any atom is 0.215 e. The van der Waals surface area contributed by atoms with Crippen molar-refractivity contribution in [2.45, 2.75) is 55.8 Å². The van der Waals surface area contributed by atoms with E-state index in [1.54, 1.807) is 16.4 Å². The summed E-state index contributed by atoms with van der Waals surface area (Å²) in [6.45, 7) is 5.45. The Kier molecular flexibility index (Phi) is 4.61. The fourth-order valence-corrected chi connectivity index (χ4v) is 6.20. The molecule has 7 nitrogen and oxygen atoms in total. The van der Waals surface area contributed by atoms with E-state index in [0.29, 0.717) is 0 Å². The Balaban J connectivity index is 1.52. The fraction of sp³-hybridized carbons (Fsp3) is 0.611. The molecule has 0 unspecified atom stereocenters. The van der Waals surface area contributed by atoms with Crippen LogP contribution in [0.15, 0.2) is 10.2 Å². The lowest BCUT2D eigenvalue weighted by Gasteiger charge is -2.29. The minimum absolute atomic E-state index is 0.769. The van der Waals surface area contributed by atoms with Gasteiger partial charge in [-0.3, -0.25) is 4.90 Å². The zero-order chi connectivity index (χ0) is 18.4. The molecule has 2 aliphatic rings. The van der Waals surface area contributed by atoms with Crippen molar-refractivity contribution in [2.75, 3.05) is 13.1 Å². The summed E-state index contributed by atoms with van der Waals surface area (Å²) in [5, 5.41) is 14.9. The molecule has 1 fully saturated rings. The van der Waals surface area contributed by atoms with E-state index >= 15 is 0 Å². The topological polar surface area (TPSA) is 72.6 Å². The molecule has 1 saturated heterocycles. The Morgan fingerprint density at radius 1 is 1.19 bits per heavy atom. The number of likely N-dealkylation sites (tertiary alicyclic amines) is 1. The summed E-state index contributed by atoms with van der Waals surface area (Å²) in [6, 6.07) is 0. The second-order valence-electron chi connectivity index (χ2n) is 7.63. The second kappa shape index (κ2) is 7.10. The number of aromatic nitrogens is 6. The van der Waals surface area contributed by atoms with Gasteiger partial charge in [-0.15, -0.1) is 16.4 Å². The van der Waals surface area contributed by atoms with Gasteiger partial charge < -0.3 is 0 Å². The van der Waals surface area contributed by atoms with Crippen molar-refractivity contribution < 1.29 is 0 Å². The number of aryl methyl sites for hydroxylation is 3. The zero-order valence-electron chi connectivity index (χ0n) is 15.7. The first-order valence-corrected chi connectivity index (χ1v) is 11.2. The van der Waals surface area contributed by atoms with Gasteiger partial charge in [0.05, 0.1) is 6.54 Å². The van der Waals surface area contributed by atoms with Gasteiger partial charge in [-0.05, 0) is 78.9 Å². The first-order valence-electron chi connectivity index (χ1n) is 9.61. The predicted octanol–water partition coefficient (Wildman–Crippen LogP) is 3.09. The lowest BCUT2D eigenvalue weighted by Crippen LogP contribution is -2.33. The summed E-state index contributed by atoms with van der Waals surface area (Å²) in [5.74, 6) is 1.76. The molecule has 0 atom stereocenters.